The van der Waals surface area contributed by atoms with Gasteiger partial charge in [0, 0.05) is 6.54 Å². The predicted molar refractivity (Wildman–Crippen MR) is 150 cm³/mol. The van der Waals surface area contributed by atoms with Crippen LogP contribution in [0.25, 0.3) is 0 Å². The van der Waals surface area contributed by atoms with Crippen LogP contribution in [0.3, 0.4) is 0 Å². The van der Waals surface area contributed by atoms with Crippen LogP contribution in [0.5, 0.6) is 5.75 Å². The van der Waals surface area contributed by atoms with E-state index in [1.165, 1.54) is 0 Å². The number of rotatable bonds is 14. The number of nitrogens with one attached hydrogen (secondary N) is 1. The first-order valence-corrected chi connectivity index (χ1v) is 14.7. The molecule has 0 radical (unpaired) electrons. The summed E-state index contributed by atoms with van der Waals surface area (Å²) in [6, 6.07) is 16.8. The van der Waals surface area contributed by atoms with E-state index in [0.717, 1.165) is 43.2 Å². The zero-order chi connectivity index (χ0) is 28.4. The number of hydroxylamine groups is 2. The number of hydrogen-bond acceptors (Lipinski definition) is 9. The standard InChI is InChI=1S/C31H42N2O8/c34-14-16-37-25-12-6-9-23(17-25)19-33(41-24-10-4-5-11-24)20-28(35)27(18-22-7-2-1-3-8-22)32-31(36)40-29-21-39-30-26(29)13-15-38-30/h1-3,6-9,12,17,24,26-30,34-35H,4-5,10-11,13-16,18-21H2,(H,32,36). The van der Waals surface area contributed by atoms with E-state index >= 15 is 0 Å². The van der Waals surface area contributed by atoms with Gasteiger partial charge >= 0.3 is 6.09 Å². The number of aliphatic hydroxyl groups excluding tert-OH is 2. The molecule has 2 aromatic carbocycles. The molecule has 10 heteroatoms. The minimum absolute atomic E-state index is 0.0330. The van der Waals surface area contributed by atoms with E-state index in [1.807, 2.05) is 54.6 Å². The maximum atomic E-state index is 13.1. The number of carbonyl (C=O) groups excluding carboxylic acids is 1. The number of benzene rings is 2. The van der Waals surface area contributed by atoms with Gasteiger partial charge in [0.2, 0.25) is 0 Å². The largest absolute Gasteiger partial charge is 0.491 e. The van der Waals surface area contributed by atoms with E-state index in [4.69, 9.17) is 28.9 Å². The first-order chi connectivity index (χ1) is 20.1. The highest BCUT2D eigenvalue weighted by Crippen LogP contribution is 2.33. The van der Waals surface area contributed by atoms with Gasteiger partial charge in [0.1, 0.15) is 18.5 Å². The molecule has 1 saturated carbocycles. The summed E-state index contributed by atoms with van der Waals surface area (Å²) in [5, 5.41) is 25.4. The molecular weight excluding hydrogens is 528 g/mol. The molecule has 2 aliphatic heterocycles. The molecule has 10 nitrogen and oxygen atoms in total. The molecule has 5 atom stereocenters. The van der Waals surface area contributed by atoms with Gasteiger partial charge in [-0.15, -0.1) is 0 Å². The zero-order valence-corrected chi connectivity index (χ0v) is 23.4. The van der Waals surface area contributed by atoms with Crippen molar-refractivity contribution in [2.75, 3.05) is 33.0 Å². The van der Waals surface area contributed by atoms with Gasteiger partial charge in [-0.05, 0) is 48.9 Å². The van der Waals surface area contributed by atoms with Crippen LogP contribution in [0.2, 0.25) is 0 Å². The fourth-order valence-corrected chi connectivity index (χ4v) is 5.81. The highest BCUT2D eigenvalue weighted by Gasteiger charge is 2.44. The van der Waals surface area contributed by atoms with Crippen molar-refractivity contribution in [2.45, 2.75) is 75.7 Å². The van der Waals surface area contributed by atoms with Crippen molar-refractivity contribution in [3.05, 3.63) is 65.7 Å². The van der Waals surface area contributed by atoms with Crippen molar-refractivity contribution >= 4 is 6.09 Å². The second kappa shape index (κ2) is 14.9. The summed E-state index contributed by atoms with van der Waals surface area (Å²) in [4.78, 5) is 19.4. The van der Waals surface area contributed by atoms with Crippen LogP contribution in [-0.4, -0.2) is 85.0 Å². The van der Waals surface area contributed by atoms with Crippen LogP contribution in [-0.2, 0) is 32.0 Å². The molecule has 1 aliphatic carbocycles. The molecule has 2 heterocycles. The van der Waals surface area contributed by atoms with Crippen LogP contribution in [0.4, 0.5) is 4.79 Å². The Kier molecular flexibility index (Phi) is 10.8. The molecular formula is C31H42N2O8. The minimum Gasteiger partial charge on any atom is -0.491 e. The third-order valence-electron chi connectivity index (χ3n) is 7.92. The molecule has 1 amide bonds. The van der Waals surface area contributed by atoms with Crippen LogP contribution >= 0.6 is 0 Å². The normalized spacial score (nSPS) is 23.8. The quantitative estimate of drug-likeness (QED) is 0.294. The summed E-state index contributed by atoms with van der Waals surface area (Å²) in [7, 11) is 0. The summed E-state index contributed by atoms with van der Waals surface area (Å²) in [6.07, 6.45) is 3.27. The smallest absolute Gasteiger partial charge is 0.407 e. The third kappa shape index (κ3) is 8.64. The molecule has 3 fully saturated rings. The van der Waals surface area contributed by atoms with E-state index in [1.54, 1.807) is 5.06 Å². The number of fused-ring (bicyclic) bond motifs is 1. The lowest BCUT2D eigenvalue weighted by Gasteiger charge is -2.31. The molecule has 0 aromatic heterocycles. The second-order valence-electron chi connectivity index (χ2n) is 11.0. The highest BCUT2D eigenvalue weighted by molar-refractivity contribution is 5.68. The number of carbonyl (C=O) groups is 1. The molecule has 3 aliphatic rings. The Morgan fingerprint density at radius 2 is 1.85 bits per heavy atom. The molecule has 0 bridgehead atoms. The Balaban J connectivity index is 1.27. The molecule has 5 unspecified atom stereocenters. The fourth-order valence-electron chi connectivity index (χ4n) is 5.81. The zero-order valence-electron chi connectivity index (χ0n) is 23.4. The molecule has 5 rings (SSSR count). The molecule has 2 aromatic rings. The van der Waals surface area contributed by atoms with Crippen molar-refractivity contribution < 1.29 is 38.8 Å². The van der Waals surface area contributed by atoms with Crippen molar-refractivity contribution in [1.29, 1.82) is 0 Å². The van der Waals surface area contributed by atoms with Crippen LogP contribution in [0, 0.1) is 5.92 Å². The summed E-state index contributed by atoms with van der Waals surface area (Å²) < 4.78 is 22.5. The average molecular weight is 571 g/mol. The Hall–Kier alpha value is -2.73. The van der Waals surface area contributed by atoms with Crippen LogP contribution in [0.15, 0.2) is 54.6 Å². The van der Waals surface area contributed by atoms with Crippen molar-refractivity contribution in [1.82, 2.24) is 10.4 Å². The molecule has 41 heavy (non-hydrogen) atoms. The second-order valence-corrected chi connectivity index (χ2v) is 11.0. The first kappa shape index (κ1) is 29.8. The van der Waals surface area contributed by atoms with Crippen LogP contribution < -0.4 is 10.1 Å². The van der Waals surface area contributed by atoms with E-state index in [2.05, 4.69) is 5.32 Å². The Morgan fingerprint density at radius 3 is 2.66 bits per heavy atom. The van der Waals surface area contributed by atoms with Gasteiger partial charge in [-0.2, -0.15) is 5.06 Å². The summed E-state index contributed by atoms with van der Waals surface area (Å²) >= 11 is 0. The Labute approximate surface area is 241 Å². The SMILES string of the molecule is O=C(NC(Cc1ccccc1)C(O)CN(Cc1cccc(OCCO)c1)OC1CCCC1)OC1COC2OCCC12. The molecule has 2 saturated heterocycles. The Bertz CT molecular complexity index is 1080. The lowest BCUT2D eigenvalue weighted by molar-refractivity contribution is -0.214. The third-order valence-corrected chi connectivity index (χ3v) is 7.92. The van der Waals surface area contributed by atoms with Gasteiger partial charge in [-0.3, -0.25) is 4.84 Å². The van der Waals surface area contributed by atoms with Gasteiger partial charge in [0.05, 0.1) is 50.5 Å². The number of amides is 1. The fraction of sp³-hybridized carbons (Fsp3) is 0.581. The monoisotopic (exact) mass is 570 g/mol. The van der Waals surface area contributed by atoms with Crippen molar-refractivity contribution in [3.63, 3.8) is 0 Å². The number of ether oxygens (including phenoxy) is 4. The van der Waals surface area contributed by atoms with E-state index in [-0.39, 0.29) is 44.2 Å². The number of alkyl carbamates (subject to hydrolysis) is 1. The van der Waals surface area contributed by atoms with Gasteiger partial charge in [-0.25, -0.2) is 4.79 Å². The molecule has 3 N–H and O–H groups in total. The lowest BCUT2D eigenvalue weighted by Crippen LogP contribution is -2.50. The van der Waals surface area contributed by atoms with Gasteiger partial charge in [-0.1, -0.05) is 55.3 Å². The lowest BCUT2D eigenvalue weighted by atomic mass is 10.0. The summed E-state index contributed by atoms with van der Waals surface area (Å²) in [6.45, 7) is 1.66. The summed E-state index contributed by atoms with van der Waals surface area (Å²) in [5.74, 6) is 0.695. The maximum absolute atomic E-state index is 13.1. The number of aliphatic hydroxyl groups is 2. The van der Waals surface area contributed by atoms with Crippen molar-refractivity contribution in [3.8, 4) is 5.75 Å². The van der Waals surface area contributed by atoms with Gasteiger partial charge in [0.15, 0.2) is 6.29 Å². The minimum atomic E-state index is -0.944. The van der Waals surface area contributed by atoms with Gasteiger partial charge < -0.3 is 34.5 Å². The highest BCUT2D eigenvalue weighted by atomic mass is 16.7. The number of nitrogens with zero attached hydrogens (tertiary/aromatic N) is 1. The molecule has 0 spiro atoms. The number of hydrogen-bond donors (Lipinski definition) is 3. The first-order valence-electron chi connectivity index (χ1n) is 14.7. The predicted octanol–water partition coefficient (Wildman–Crippen LogP) is 3.19. The molecule has 224 valence electrons. The maximum Gasteiger partial charge on any atom is 0.407 e. The van der Waals surface area contributed by atoms with E-state index in [0.29, 0.717) is 31.9 Å². The van der Waals surface area contributed by atoms with Crippen LogP contribution in [0.1, 0.15) is 43.2 Å². The summed E-state index contributed by atoms with van der Waals surface area (Å²) in [5.41, 5.74) is 1.94. The van der Waals surface area contributed by atoms with E-state index in [9.17, 15) is 9.90 Å². The van der Waals surface area contributed by atoms with E-state index < -0.39 is 18.2 Å². The van der Waals surface area contributed by atoms with Crippen molar-refractivity contribution in [2.24, 2.45) is 5.92 Å². The average Bonchev–Trinajstić information content (AvgIpc) is 3.73. The Morgan fingerprint density at radius 1 is 1.05 bits per heavy atom. The topological polar surface area (TPSA) is 119 Å². The van der Waals surface area contributed by atoms with Gasteiger partial charge in [0.25, 0.3) is 0 Å².